The number of amides is 1. The number of nitrogens with one attached hydrogen (secondary N) is 1. The van der Waals surface area contributed by atoms with E-state index in [9.17, 15) is 18.0 Å². The molecule has 1 N–H and O–H groups in total. The first kappa shape index (κ1) is 29.9. The van der Waals surface area contributed by atoms with Crippen molar-refractivity contribution in [3.63, 3.8) is 0 Å². The number of benzene rings is 3. The topological polar surface area (TPSA) is 107 Å². The van der Waals surface area contributed by atoms with Crippen LogP contribution in [-0.2, 0) is 33.7 Å². The van der Waals surface area contributed by atoms with E-state index in [1.165, 1.54) is 23.8 Å². The van der Waals surface area contributed by atoms with Crippen molar-refractivity contribution in [1.29, 1.82) is 0 Å². The molecule has 9 nitrogen and oxygen atoms in total. The number of rotatable bonds is 7. The van der Waals surface area contributed by atoms with Gasteiger partial charge in [0.1, 0.15) is 17.1 Å². The van der Waals surface area contributed by atoms with Gasteiger partial charge in [0.15, 0.2) is 0 Å². The fraction of sp³-hybridized carbons (Fsp3) is 0.353. The Hall–Kier alpha value is -4.15. The molecule has 0 atom stereocenters. The van der Waals surface area contributed by atoms with Gasteiger partial charge in [0, 0.05) is 29.6 Å². The van der Waals surface area contributed by atoms with Gasteiger partial charge in [-0.1, -0.05) is 42.8 Å². The summed E-state index contributed by atoms with van der Waals surface area (Å²) in [6.07, 6.45) is 3.09. The first-order valence-corrected chi connectivity index (χ1v) is 16.6. The molecule has 1 aromatic heterocycles. The summed E-state index contributed by atoms with van der Waals surface area (Å²) in [5.41, 5.74) is 3.32. The lowest BCUT2D eigenvalue weighted by Gasteiger charge is -2.26. The van der Waals surface area contributed by atoms with Crippen molar-refractivity contribution in [2.75, 3.05) is 13.1 Å². The second kappa shape index (κ2) is 11.7. The van der Waals surface area contributed by atoms with Gasteiger partial charge in [0.05, 0.1) is 16.8 Å². The Kier molecular flexibility index (Phi) is 7.98. The zero-order valence-corrected chi connectivity index (χ0v) is 26.1. The molecule has 10 heteroatoms. The maximum Gasteiger partial charge on any atom is 0.419 e. The Labute approximate surface area is 257 Å². The minimum atomic E-state index is -4.01. The SMILES string of the molecule is CC(C)(C)OC(=O)n1c(-c2ccc(OS(=O)(=O)Cc3ccccc3)c3c2C(=O)NC3)cc2cc(CN3CCCCC3)ccc21. The molecule has 2 aliphatic heterocycles. The zero-order chi connectivity index (χ0) is 31.1. The van der Waals surface area contributed by atoms with Crippen molar-refractivity contribution in [2.45, 2.75) is 64.5 Å². The van der Waals surface area contributed by atoms with E-state index >= 15 is 0 Å². The Balaban J connectivity index is 1.42. The van der Waals surface area contributed by atoms with Crippen LogP contribution >= 0.6 is 0 Å². The van der Waals surface area contributed by atoms with E-state index in [2.05, 4.69) is 16.3 Å². The number of likely N-dealkylation sites (tertiary alicyclic amines) is 1. The quantitative estimate of drug-likeness (QED) is 0.246. The van der Waals surface area contributed by atoms with Crippen LogP contribution in [0.15, 0.2) is 66.7 Å². The molecule has 3 heterocycles. The highest BCUT2D eigenvalue weighted by Gasteiger charge is 2.32. The maximum absolute atomic E-state index is 13.7. The highest BCUT2D eigenvalue weighted by molar-refractivity contribution is 7.86. The van der Waals surface area contributed by atoms with Crippen LogP contribution in [-0.4, -0.2) is 48.6 Å². The van der Waals surface area contributed by atoms with Crippen LogP contribution in [0.3, 0.4) is 0 Å². The van der Waals surface area contributed by atoms with Crippen LogP contribution < -0.4 is 9.50 Å². The summed E-state index contributed by atoms with van der Waals surface area (Å²) in [6.45, 7) is 8.48. The number of piperidine rings is 1. The summed E-state index contributed by atoms with van der Waals surface area (Å²) in [7, 11) is -4.01. The molecule has 0 aliphatic carbocycles. The van der Waals surface area contributed by atoms with Crippen LogP contribution in [0, 0.1) is 0 Å². The van der Waals surface area contributed by atoms with Gasteiger partial charge < -0.3 is 14.2 Å². The number of ether oxygens (including phenoxy) is 1. The molecule has 1 fully saturated rings. The highest BCUT2D eigenvalue weighted by Crippen LogP contribution is 2.39. The number of hydrogen-bond acceptors (Lipinski definition) is 7. The molecule has 0 radical (unpaired) electrons. The molecule has 0 saturated carbocycles. The third-order valence-corrected chi connectivity index (χ3v) is 9.02. The fourth-order valence-corrected chi connectivity index (χ4v) is 7.09. The fourth-order valence-electron chi connectivity index (χ4n) is 6.00. The minimum absolute atomic E-state index is 0.0850. The minimum Gasteiger partial charge on any atom is -0.443 e. The molecule has 1 amide bonds. The highest BCUT2D eigenvalue weighted by atomic mass is 32.2. The van der Waals surface area contributed by atoms with Crippen LogP contribution in [0.2, 0.25) is 0 Å². The first-order valence-electron chi connectivity index (χ1n) is 15.0. The number of hydrogen-bond donors (Lipinski definition) is 1. The van der Waals surface area contributed by atoms with Crippen molar-refractivity contribution in [1.82, 2.24) is 14.8 Å². The van der Waals surface area contributed by atoms with Gasteiger partial charge in [-0.05, 0) is 88.2 Å². The van der Waals surface area contributed by atoms with Gasteiger partial charge in [-0.2, -0.15) is 8.42 Å². The van der Waals surface area contributed by atoms with Gasteiger partial charge in [0.2, 0.25) is 0 Å². The molecule has 230 valence electrons. The number of carbonyl (C=O) groups is 2. The monoisotopic (exact) mass is 615 g/mol. The Morgan fingerprint density at radius 2 is 1.68 bits per heavy atom. The van der Waals surface area contributed by atoms with Crippen molar-refractivity contribution < 1.29 is 26.9 Å². The van der Waals surface area contributed by atoms with Crippen molar-refractivity contribution in [3.8, 4) is 17.0 Å². The lowest BCUT2D eigenvalue weighted by Crippen LogP contribution is -2.29. The summed E-state index contributed by atoms with van der Waals surface area (Å²) in [4.78, 5) is 29.3. The predicted molar refractivity (Wildman–Crippen MR) is 169 cm³/mol. The van der Waals surface area contributed by atoms with E-state index in [-0.39, 0.29) is 29.5 Å². The average Bonchev–Trinajstić information content (AvgIpc) is 3.54. The molecule has 6 rings (SSSR count). The maximum atomic E-state index is 13.7. The van der Waals surface area contributed by atoms with Gasteiger partial charge >= 0.3 is 16.2 Å². The Bertz CT molecular complexity index is 1830. The van der Waals surface area contributed by atoms with Gasteiger partial charge in [-0.3, -0.25) is 9.69 Å². The van der Waals surface area contributed by atoms with E-state index in [4.69, 9.17) is 8.92 Å². The molecule has 0 unspecified atom stereocenters. The van der Waals surface area contributed by atoms with E-state index in [0.29, 0.717) is 27.9 Å². The predicted octanol–water partition coefficient (Wildman–Crippen LogP) is 6.23. The van der Waals surface area contributed by atoms with Crippen LogP contribution in [0.25, 0.3) is 22.2 Å². The van der Waals surface area contributed by atoms with Crippen molar-refractivity contribution >= 4 is 33.0 Å². The molecule has 44 heavy (non-hydrogen) atoms. The largest absolute Gasteiger partial charge is 0.443 e. The molecule has 1 saturated heterocycles. The van der Waals surface area contributed by atoms with Crippen LogP contribution in [0.4, 0.5) is 4.79 Å². The van der Waals surface area contributed by atoms with Crippen molar-refractivity contribution in [3.05, 3.63) is 89.0 Å². The lowest BCUT2D eigenvalue weighted by atomic mass is 9.99. The smallest absolute Gasteiger partial charge is 0.419 e. The third kappa shape index (κ3) is 6.37. The second-order valence-corrected chi connectivity index (χ2v) is 14.1. The van der Waals surface area contributed by atoms with Gasteiger partial charge in [-0.15, -0.1) is 0 Å². The Morgan fingerprint density at radius 1 is 0.932 bits per heavy atom. The van der Waals surface area contributed by atoms with Crippen molar-refractivity contribution in [2.24, 2.45) is 0 Å². The second-order valence-electron chi connectivity index (χ2n) is 12.5. The van der Waals surface area contributed by atoms with Crippen LogP contribution in [0.1, 0.15) is 67.1 Å². The molecule has 2 aliphatic rings. The molecule has 4 aromatic rings. The zero-order valence-electron chi connectivity index (χ0n) is 25.3. The standard InChI is InChI=1S/C34H37N3O6S/c1-34(2,3)42-33(39)37-28-14-12-24(21-36-16-8-5-9-17-36)18-25(28)19-29(37)26-13-15-30(27-20-35-32(38)31(26)27)43-44(40,41)22-23-10-6-4-7-11-23/h4,6-7,10-15,18-19H,5,8-9,16-17,20-22H2,1-3H3,(H,35,38). The van der Waals surface area contributed by atoms with E-state index < -0.39 is 21.8 Å². The third-order valence-electron chi connectivity index (χ3n) is 7.90. The van der Waals surface area contributed by atoms with E-state index in [1.54, 1.807) is 57.2 Å². The lowest BCUT2D eigenvalue weighted by molar-refractivity contribution is 0.0546. The first-order chi connectivity index (χ1) is 21.0. The summed E-state index contributed by atoms with van der Waals surface area (Å²) >= 11 is 0. The van der Waals surface area contributed by atoms with E-state index in [0.717, 1.165) is 30.6 Å². The summed E-state index contributed by atoms with van der Waals surface area (Å²) in [6, 6.07) is 19.9. The van der Waals surface area contributed by atoms with E-state index in [1.807, 2.05) is 24.3 Å². The summed E-state index contributed by atoms with van der Waals surface area (Å²) < 4.78 is 38.8. The van der Waals surface area contributed by atoms with Gasteiger partial charge in [0.25, 0.3) is 5.91 Å². The number of carbonyl (C=O) groups excluding carboxylic acids is 2. The number of nitrogens with zero attached hydrogens (tertiary/aromatic N) is 2. The summed E-state index contributed by atoms with van der Waals surface area (Å²) in [5.74, 6) is -0.590. The normalized spacial score (nSPS) is 15.7. The summed E-state index contributed by atoms with van der Waals surface area (Å²) in [5, 5.41) is 3.65. The molecule has 0 spiro atoms. The Morgan fingerprint density at radius 3 is 2.41 bits per heavy atom. The molecular weight excluding hydrogens is 578 g/mol. The molecular formula is C34H37N3O6S. The number of aromatic nitrogens is 1. The van der Waals surface area contributed by atoms with Crippen LogP contribution in [0.5, 0.6) is 5.75 Å². The van der Waals surface area contributed by atoms with Gasteiger partial charge in [-0.25, -0.2) is 9.36 Å². The average molecular weight is 616 g/mol. The molecule has 0 bridgehead atoms. The number of fused-ring (bicyclic) bond motifs is 2. The molecule has 3 aromatic carbocycles.